The lowest BCUT2D eigenvalue weighted by Gasteiger charge is -2.29. The van der Waals surface area contributed by atoms with Crippen molar-refractivity contribution in [2.24, 2.45) is 11.8 Å². The third-order valence-corrected chi connectivity index (χ3v) is 4.79. The van der Waals surface area contributed by atoms with Crippen molar-refractivity contribution in [1.82, 2.24) is 10.6 Å². The lowest BCUT2D eigenvalue weighted by atomic mass is 9.80. The molecule has 2 N–H and O–H groups in total. The van der Waals surface area contributed by atoms with Crippen LogP contribution in [0, 0.1) is 11.8 Å². The van der Waals surface area contributed by atoms with Crippen LogP contribution in [-0.2, 0) is 19.1 Å². The maximum atomic E-state index is 12.0. The Labute approximate surface area is 160 Å². The van der Waals surface area contributed by atoms with Gasteiger partial charge in [-0.05, 0) is 38.5 Å². The van der Waals surface area contributed by atoms with Gasteiger partial charge in [0, 0.05) is 46.7 Å². The van der Waals surface area contributed by atoms with Crippen molar-refractivity contribution < 1.29 is 22.0 Å². The molecule has 0 spiro atoms. The van der Waals surface area contributed by atoms with E-state index in [0.717, 1.165) is 32.1 Å². The van der Waals surface area contributed by atoms with Crippen LogP contribution in [-0.4, -0.2) is 43.4 Å². The highest BCUT2D eigenvalue weighted by molar-refractivity contribution is 5.83. The minimum absolute atomic E-state index is 0. The Hall–Kier alpha value is -1.43. The van der Waals surface area contributed by atoms with E-state index in [-0.39, 0.29) is 32.5 Å². The van der Waals surface area contributed by atoms with Gasteiger partial charge < -0.3 is 15.4 Å². The number of hydrogen-bond acceptors (Lipinski definition) is 4. The highest BCUT2D eigenvalue weighted by Gasteiger charge is 2.28. The molecule has 6 heteroatoms. The van der Waals surface area contributed by atoms with Gasteiger partial charge in [0.25, 0.3) is 0 Å². The van der Waals surface area contributed by atoms with Gasteiger partial charge in [-0.25, -0.2) is 0 Å². The number of amides is 2. The quantitative estimate of drug-likeness (QED) is 0.516. The summed E-state index contributed by atoms with van der Waals surface area (Å²) >= 11 is 0. The first kappa shape index (κ1) is 22.6. The molecule has 0 aromatic rings. The Morgan fingerprint density at radius 3 is 2.31 bits per heavy atom. The molecule has 0 radical (unpaired) electrons. The van der Waals surface area contributed by atoms with Gasteiger partial charge in [0.2, 0.25) is 11.8 Å². The molecule has 0 atom stereocenters. The SMILES string of the molecule is CCCOCCNC(=O)CCCC(=O)NC1CCC(C(=O)C(C)C)CC1.[HH].[HH]. The molecule has 0 bridgehead atoms. The maximum absolute atomic E-state index is 12.0. The number of carbonyl (C=O) groups excluding carboxylic acids is 3. The highest BCUT2D eigenvalue weighted by Crippen LogP contribution is 2.27. The summed E-state index contributed by atoms with van der Waals surface area (Å²) in [5.41, 5.74) is 0. The van der Waals surface area contributed by atoms with Crippen LogP contribution in [0.1, 0.15) is 75.0 Å². The highest BCUT2D eigenvalue weighted by atomic mass is 16.5. The molecule has 6 nitrogen and oxygen atoms in total. The number of carbonyl (C=O) groups is 3. The Bertz CT molecular complexity index is 453. The van der Waals surface area contributed by atoms with Gasteiger partial charge in [-0.2, -0.15) is 0 Å². The molecule has 0 aromatic carbocycles. The van der Waals surface area contributed by atoms with Crippen LogP contribution in [0.3, 0.4) is 0 Å². The lowest BCUT2D eigenvalue weighted by molar-refractivity contribution is -0.127. The van der Waals surface area contributed by atoms with Crippen LogP contribution in [0.2, 0.25) is 0 Å². The number of nitrogens with one attached hydrogen (secondary N) is 2. The van der Waals surface area contributed by atoms with Crippen molar-refractivity contribution in [3.8, 4) is 0 Å². The Morgan fingerprint density at radius 1 is 1.04 bits per heavy atom. The summed E-state index contributed by atoms with van der Waals surface area (Å²) in [6.45, 7) is 7.70. The summed E-state index contributed by atoms with van der Waals surface area (Å²) < 4.78 is 5.30. The molecule has 1 aliphatic carbocycles. The molecule has 26 heavy (non-hydrogen) atoms. The van der Waals surface area contributed by atoms with Crippen molar-refractivity contribution in [2.75, 3.05) is 19.8 Å². The summed E-state index contributed by atoms with van der Waals surface area (Å²) in [4.78, 5) is 35.7. The molecular formula is C20H40N2O4. The number of ketones is 1. The van der Waals surface area contributed by atoms with Gasteiger partial charge >= 0.3 is 0 Å². The van der Waals surface area contributed by atoms with Crippen molar-refractivity contribution >= 4 is 17.6 Å². The Kier molecular flexibility index (Phi) is 11.2. The van der Waals surface area contributed by atoms with Crippen molar-refractivity contribution in [3.63, 3.8) is 0 Å². The smallest absolute Gasteiger partial charge is 0.220 e. The minimum Gasteiger partial charge on any atom is -0.380 e. The van der Waals surface area contributed by atoms with E-state index in [1.165, 1.54) is 0 Å². The van der Waals surface area contributed by atoms with E-state index in [2.05, 4.69) is 10.6 Å². The van der Waals surface area contributed by atoms with E-state index in [4.69, 9.17) is 4.74 Å². The lowest BCUT2D eigenvalue weighted by Crippen LogP contribution is -2.39. The zero-order valence-corrected chi connectivity index (χ0v) is 16.6. The van der Waals surface area contributed by atoms with Crippen LogP contribution in [0.25, 0.3) is 0 Å². The van der Waals surface area contributed by atoms with E-state index in [9.17, 15) is 14.4 Å². The predicted octanol–water partition coefficient (Wildman–Crippen LogP) is 3.09. The second kappa shape index (κ2) is 12.8. The Balaban J connectivity index is 0. The zero-order valence-electron chi connectivity index (χ0n) is 16.6. The average Bonchev–Trinajstić information content (AvgIpc) is 2.61. The van der Waals surface area contributed by atoms with Crippen molar-refractivity contribution in [1.29, 1.82) is 0 Å². The molecule has 1 saturated carbocycles. The molecule has 0 unspecified atom stereocenters. The molecule has 1 rings (SSSR count). The van der Waals surface area contributed by atoms with Gasteiger partial charge in [-0.3, -0.25) is 14.4 Å². The first-order valence-corrected chi connectivity index (χ1v) is 10.1. The molecule has 0 heterocycles. The third kappa shape index (κ3) is 9.32. The standard InChI is InChI=1S/C20H36N2O4.2H2/c1-4-13-26-14-12-21-18(23)6-5-7-19(24)22-17-10-8-16(9-11-17)20(25)15(2)3;;/h15-17H,4-14H2,1-3H3,(H,21,23)(H,22,24);2*1H. The molecule has 1 aliphatic rings. The molecule has 2 amide bonds. The summed E-state index contributed by atoms with van der Waals surface area (Å²) in [7, 11) is 0. The average molecular weight is 373 g/mol. The molecule has 0 saturated heterocycles. The van der Waals surface area contributed by atoms with Gasteiger partial charge in [-0.1, -0.05) is 20.8 Å². The van der Waals surface area contributed by atoms with Crippen molar-refractivity contribution in [2.45, 2.75) is 78.2 Å². The second-order valence-corrected chi connectivity index (χ2v) is 7.49. The topological polar surface area (TPSA) is 84.5 Å². The van der Waals surface area contributed by atoms with Crippen LogP contribution in [0.15, 0.2) is 0 Å². The van der Waals surface area contributed by atoms with Gasteiger partial charge in [0.1, 0.15) is 5.78 Å². The Morgan fingerprint density at radius 2 is 1.69 bits per heavy atom. The largest absolute Gasteiger partial charge is 0.380 e. The maximum Gasteiger partial charge on any atom is 0.220 e. The first-order valence-electron chi connectivity index (χ1n) is 10.1. The summed E-state index contributed by atoms with van der Waals surface area (Å²) in [6, 6.07) is 0.170. The number of ether oxygens (including phenoxy) is 1. The van der Waals surface area contributed by atoms with Crippen molar-refractivity contribution in [3.05, 3.63) is 0 Å². The predicted molar refractivity (Wildman–Crippen MR) is 106 cm³/mol. The summed E-state index contributed by atoms with van der Waals surface area (Å²) in [5, 5.41) is 5.84. The number of rotatable bonds is 12. The number of hydrogen-bond donors (Lipinski definition) is 2. The van der Waals surface area contributed by atoms with Crippen LogP contribution in [0.4, 0.5) is 0 Å². The van der Waals surface area contributed by atoms with Crippen LogP contribution >= 0.6 is 0 Å². The normalized spacial score (nSPS) is 20.0. The molecule has 1 fully saturated rings. The van der Waals surface area contributed by atoms with E-state index < -0.39 is 0 Å². The third-order valence-electron chi connectivity index (χ3n) is 4.79. The van der Waals surface area contributed by atoms with Gasteiger partial charge in [-0.15, -0.1) is 0 Å². The van der Waals surface area contributed by atoms with Crippen LogP contribution < -0.4 is 10.6 Å². The monoisotopic (exact) mass is 372 g/mol. The fourth-order valence-corrected chi connectivity index (χ4v) is 3.30. The van der Waals surface area contributed by atoms with Gasteiger partial charge in [0.15, 0.2) is 0 Å². The minimum atomic E-state index is -0.0365. The van der Waals surface area contributed by atoms with Crippen LogP contribution in [0.5, 0.6) is 0 Å². The summed E-state index contributed by atoms with van der Waals surface area (Å²) in [6.07, 6.45) is 5.71. The molecular weight excluding hydrogens is 332 g/mol. The zero-order chi connectivity index (χ0) is 19.4. The van der Waals surface area contributed by atoms with Gasteiger partial charge in [0.05, 0.1) is 6.61 Å². The van der Waals surface area contributed by atoms with E-state index in [0.29, 0.717) is 44.8 Å². The molecule has 0 aromatic heterocycles. The van der Waals surface area contributed by atoms with E-state index >= 15 is 0 Å². The van der Waals surface area contributed by atoms with E-state index in [1.807, 2.05) is 20.8 Å². The molecule has 154 valence electrons. The second-order valence-electron chi connectivity index (χ2n) is 7.49. The molecule has 0 aliphatic heterocycles. The fourth-order valence-electron chi connectivity index (χ4n) is 3.30. The fraction of sp³-hybridized carbons (Fsp3) is 0.850. The van der Waals surface area contributed by atoms with E-state index in [1.54, 1.807) is 0 Å². The first-order chi connectivity index (χ1) is 12.4. The summed E-state index contributed by atoms with van der Waals surface area (Å²) in [5.74, 6) is 0.567. The number of Topliss-reactive ketones (excluding diaryl/α,β-unsaturated/α-hetero) is 1.